The zero-order valence-corrected chi connectivity index (χ0v) is 14.2. The van der Waals surface area contributed by atoms with Crippen LogP contribution in [0, 0.1) is 0 Å². The van der Waals surface area contributed by atoms with Crippen molar-refractivity contribution < 1.29 is 9.32 Å². The molecule has 1 saturated heterocycles. The van der Waals surface area contributed by atoms with Crippen molar-refractivity contribution in [1.82, 2.24) is 10.1 Å². The molecule has 0 radical (unpaired) electrons. The van der Waals surface area contributed by atoms with Crippen LogP contribution < -0.4 is 0 Å². The molecule has 2 aromatic rings. The summed E-state index contributed by atoms with van der Waals surface area (Å²) in [7, 11) is 0. The average Bonchev–Trinajstić information content (AvgIpc) is 3.16. The van der Waals surface area contributed by atoms with E-state index < -0.39 is 0 Å². The van der Waals surface area contributed by atoms with Crippen LogP contribution in [0.4, 0.5) is 0 Å². The second kappa shape index (κ2) is 6.75. The number of halogens is 1. The third-order valence-electron chi connectivity index (χ3n) is 4.28. The first-order valence-electron chi connectivity index (χ1n) is 8.05. The second-order valence-electron chi connectivity index (χ2n) is 6.36. The summed E-state index contributed by atoms with van der Waals surface area (Å²) in [6, 6.07) is 9.45. The van der Waals surface area contributed by atoms with Gasteiger partial charge in [0.05, 0.1) is 18.2 Å². The maximum atomic E-state index is 12.7. The molecule has 0 N–H and O–H groups in total. The first-order chi connectivity index (χ1) is 11.0. The molecule has 122 valence electrons. The summed E-state index contributed by atoms with van der Waals surface area (Å²) >= 11 is 6.00. The predicted octanol–water partition coefficient (Wildman–Crippen LogP) is 4.36. The summed E-state index contributed by atoms with van der Waals surface area (Å²) < 4.78 is 5.49. The Hall–Kier alpha value is -1.81. The van der Waals surface area contributed by atoms with Crippen molar-refractivity contribution in [3.8, 4) is 0 Å². The number of amides is 1. The second-order valence-corrected chi connectivity index (χ2v) is 6.80. The fourth-order valence-electron chi connectivity index (χ4n) is 3.02. The predicted molar refractivity (Wildman–Crippen MR) is 89.4 cm³/mol. The maximum absolute atomic E-state index is 12.7. The van der Waals surface area contributed by atoms with Gasteiger partial charge >= 0.3 is 0 Å². The Morgan fingerprint density at radius 3 is 2.96 bits per heavy atom. The van der Waals surface area contributed by atoms with Crippen molar-refractivity contribution >= 4 is 17.5 Å². The van der Waals surface area contributed by atoms with Gasteiger partial charge in [-0.2, -0.15) is 0 Å². The molecule has 0 aliphatic carbocycles. The fourth-order valence-corrected chi connectivity index (χ4v) is 3.23. The van der Waals surface area contributed by atoms with E-state index in [9.17, 15) is 4.79 Å². The molecule has 4 nitrogen and oxygen atoms in total. The van der Waals surface area contributed by atoms with Crippen LogP contribution in [0.1, 0.15) is 55.7 Å². The van der Waals surface area contributed by atoms with E-state index >= 15 is 0 Å². The Morgan fingerprint density at radius 2 is 2.26 bits per heavy atom. The van der Waals surface area contributed by atoms with Gasteiger partial charge in [0.1, 0.15) is 0 Å². The number of rotatable bonds is 4. The molecule has 1 aliphatic heterocycles. The van der Waals surface area contributed by atoms with Crippen LogP contribution in [0.2, 0.25) is 5.02 Å². The summed E-state index contributed by atoms with van der Waals surface area (Å²) in [5.74, 6) is 1.23. The molecule has 3 rings (SSSR count). The number of nitrogens with zero attached hydrogens (tertiary/aromatic N) is 2. The summed E-state index contributed by atoms with van der Waals surface area (Å²) in [6.07, 6.45) is 2.28. The normalized spacial score (nSPS) is 17.9. The van der Waals surface area contributed by atoms with E-state index in [0.717, 1.165) is 36.4 Å². The fraction of sp³-hybridized carbons (Fsp3) is 0.444. The highest BCUT2D eigenvalue weighted by Gasteiger charge is 2.32. The number of hydrogen-bond donors (Lipinski definition) is 0. The minimum Gasteiger partial charge on any atom is -0.359 e. The number of likely N-dealkylation sites (tertiary alicyclic amines) is 1. The Balaban J connectivity index is 1.74. The first-order valence-corrected chi connectivity index (χ1v) is 8.43. The Bertz CT molecular complexity index is 696. The van der Waals surface area contributed by atoms with E-state index in [4.69, 9.17) is 16.1 Å². The third-order valence-corrected chi connectivity index (χ3v) is 4.52. The lowest BCUT2D eigenvalue weighted by Crippen LogP contribution is -2.31. The van der Waals surface area contributed by atoms with Gasteiger partial charge in [-0.3, -0.25) is 4.79 Å². The van der Waals surface area contributed by atoms with Gasteiger partial charge in [-0.05, 0) is 36.5 Å². The van der Waals surface area contributed by atoms with Crippen molar-refractivity contribution in [3.05, 3.63) is 52.4 Å². The standard InChI is InChI=1S/C18H21ClN2O2/c1-12(2)15-11-17(23-20-15)16-7-4-8-21(16)18(22)10-13-5-3-6-14(19)9-13/h3,5-6,9,11-12,16H,4,7-8,10H2,1-2H3/t16-/m1/s1. The first kappa shape index (κ1) is 16.1. The molecule has 23 heavy (non-hydrogen) atoms. The molecule has 0 unspecified atom stereocenters. The molecule has 2 heterocycles. The van der Waals surface area contributed by atoms with Gasteiger partial charge in [-0.1, -0.05) is 42.7 Å². The highest BCUT2D eigenvalue weighted by molar-refractivity contribution is 6.30. The van der Waals surface area contributed by atoms with Crippen molar-refractivity contribution in [1.29, 1.82) is 0 Å². The number of hydrogen-bond acceptors (Lipinski definition) is 3. The van der Waals surface area contributed by atoms with Gasteiger partial charge in [-0.15, -0.1) is 0 Å². The van der Waals surface area contributed by atoms with E-state index in [1.165, 1.54) is 0 Å². The smallest absolute Gasteiger partial charge is 0.227 e. The largest absolute Gasteiger partial charge is 0.359 e. The lowest BCUT2D eigenvalue weighted by Gasteiger charge is -2.22. The highest BCUT2D eigenvalue weighted by Crippen LogP contribution is 2.33. The molecule has 1 aliphatic rings. The van der Waals surface area contributed by atoms with Crippen molar-refractivity contribution in [2.24, 2.45) is 0 Å². The van der Waals surface area contributed by atoms with Crippen LogP contribution in [0.3, 0.4) is 0 Å². The summed E-state index contributed by atoms with van der Waals surface area (Å²) in [6.45, 7) is 4.93. The van der Waals surface area contributed by atoms with Gasteiger partial charge in [-0.25, -0.2) is 0 Å². The highest BCUT2D eigenvalue weighted by atomic mass is 35.5. The van der Waals surface area contributed by atoms with E-state index in [1.807, 2.05) is 35.2 Å². The third kappa shape index (κ3) is 3.58. The van der Waals surface area contributed by atoms with Crippen LogP contribution in [-0.4, -0.2) is 22.5 Å². The average molecular weight is 333 g/mol. The van der Waals surface area contributed by atoms with Crippen molar-refractivity contribution in [3.63, 3.8) is 0 Å². The molecule has 5 heteroatoms. The molecule has 1 aromatic heterocycles. The van der Waals surface area contributed by atoms with Crippen molar-refractivity contribution in [2.45, 2.75) is 45.1 Å². The van der Waals surface area contributed by atoms with E-state index in [0.29, 0.717) is 17.4 Å². The van der Waals surface area contributed by atoms with Gasteiger partial charge < -0.3 is 9.42 Å². The zero-order chi connectivity index (χ0) is 16.4. The molecule has 0 spiro atoms. The molecule has 1 aromatic carbocycles. The Morgan fingerprint density at radius 1 is 1.43 bits per heavy atom. The minimum atomic E-state index is 0.00156. The van der Waals surface area contributed by atoms with Crippen LogP contribution in [0.5, 0.6) is 0 Å². The SMILES string of the molecule is CC(C)c1cc([C@H]2CCCN2C(=O)Cc2cccc(Cl)c2)on1. The molecule has 0 bridgehead atoms. The molecule has 1 atom stereocenters. The monoisotopic (exact) mass is 332 g/mol. The van der Waals surface area contributed by atoms with E-state index in [-0.39, 0.29) is 11.9 Å². The van der Waals surface area contributed by atoms with Crippen LogP contribution >= 0.6 is 11.6 Å². The van der Waals surface area contributed by atoms with Crippen LogP contribution in [-0.2, 0) is 11.2 Å². The lowest BCUT2D eigenvalue weighted by atomic mass is 10.1. The number of aromatic nitrogens is 1. The van der Waals surface area contributed by atoms with Crippen LogP contribution in [0.15, 0.2) is 34.9 Å². The Kier molecular flexibility index (Phi) is 4.71. The topological polar surface area (TPSA) is 46.3 Å². The Labute approximate surface area is 141 Å². The molecule has 1 amide bonds. The molecule has 0 saturated carbocycles. The number of benzene rings is 1. The molecular weight excluding hydrogens is 312 g/mol. The van der Waals surface area contributed by atoms with Gasteiger partial charge in [0.2, 0.25) is 5.91 Å². The zero-order valence-electron chi connectivity index (χ0n) is 13.5. The summed E-state index contributed by atoms with van der Waals surface area (Å²) in [4.78, 5) is 14.6. The number of carbonyl (C=O) groups is 1. The number of carbonyl (C=O) groups excluding carboxylic acids is 1. The van der Waals surface area contributed by atoms with E-state index in [1.54, 1.807) is 0 Å². The van der Waals surface area contributed by atoms with Crippen molar-refractivity contribution in [2.75, 3.05) is 6.54 Å². The minimum absolute atomic E-state index is 0.00156. The van der Waals surface area contributed by atoms with Gasteiger partial charge in [0, 0.05) is 17.6 Å². The lowest BCUT2D eigenvalue weighted by molar-refractivity contribution is -0.131. The van der Waals surface area contributed by atoms with E-state index in [2.05, 4.69) is 19.0 Å². The van der Waals surface area contributed by atoms with Gasteiger partial charge in [0.25, 0.3) is 0 Å². The summed E-state index contributed by atoms with van der Waals surface area (Å²) in [5, 5.41) is 4.78. The van der Waals surface area contributed by atoms with Crippen LogP contribution in [0.25, 0.3) is 0 Å². The van der Waals surface area contributed by atoms with Gasteiger partial charge in [0.15, 0.2) is 5.76 Å². The maximum Gasteiger partial charge on any atom is 0.227 e. The molecule has 1 fully saturated rings. The molecular formula is C18H21ClN2O2. The summed E-state index contributed by atoms with van der Waals surface area (Å²) in [5.41, 5.74) is 1.88. The quantitative estimate of drug-likeness (QED) is 0.835.